The fourth-order valence-electron chi connectivity index (χ4n) is 2.77. The monoisotopic (exact) mass is 341 g/mol. The average Bonchev–Trinajstić information content (AvgIpc) is 2.62. The second kappa shape index (κ2) is 14.5. The first-order valence-electron chi connectivity index (χ1n) is 9.85. The number of benzene rings is 1. The van der Waals surface area contributed by atoms with E-state index in [1.165, 1.54) is 51.4 Å². The summed E-state index contributed by atoms with van der Waals surface area (Å²) in [4.78, 5) is 11.2. The van der Waals surface area contributed by atoms with Crippen LogP contribution in [0, 0.1) is 0 Å². The van der Waals surface area contributed by atoms with Crippen LogP contribution in [0.2, 0.25) is 0 Å². The molecule has 1 aromatic carbocycles. The lowest BCUT2D eigenvalue weighted by atomic mass is 10.1. The molecule has 2 nitrogen and oxygen atoms in total. The van der Waals surface area contributed by atoms with Crippen molar-refractivity contribution >= 4 is 11.5 Å². The van der Waals surface area contributed by atoms with Gasteiger partial charge in [-0.15, -0.1) is 6.58 Å². The second-order valence-corrected chi connectivity index (χ2v) is 6.66. The van der Waals surface area contributed by atoms with Crippen LogP contribution < -0.4 is 5.32 Å². The summed E-state index contributed by atoms with van der Waals surface area (Å²) in [6.45, 7) is 6.32. The highest BCUT2D eigenvalue weighted by Gasteiger charge is 1.98. The van der Waals surface area contributed by atoms with Crippen LogP contribution in [0.25, 0.3) is 0 Å². The van der Waals surface area contributed by atoms with Crippen LogP contribution in [0.5, 0.6) is 0 Å². The van der Waals surface area contributed by atoms with Crippen molar-refractivity contribution in [2.75, 3.05) is 11.9 Å². The topological polar surface area (TPSA) is 29.1 Å². The van der Waals surface area contributed by atoms with Gasteiger partial charge in [-0.25, -0.2) is 0 Å². The number of allylic oxidation sites excluding steroid dienone is 3. The van der Waals surface area contributed by atoms with Crippen LogP contribution in [-0.4, -0.2) is 12.3 Å². The standard InChI is InChI=1S/C23H35NO/c1-3-4-5-6-7-8-9-10-11-12-13-14-15-20-24-23-18-16-22(17-19-23)21(2)25/h3,12-13,16-19,24H,1,4-11,14-15,20H2,2H3/b13-12+. The van der Waals surface area contributed by atoms with E-state index in [1.54, 1.807) is 6.92 Å². The number of carbonyl (C=O) groups is 1. The molecule has 0 aliphatic carbocycles. The fraction of sp³-hybridized carbons (Fsp3) is 0.522. The van der Waals surface area contributed by atoms with Crippen LogP contribution in [0.1, 0.15) is 81.5 Å². The zero-order valence-electron chi connectivity index (χ0n) is 15.9. The van der Waals surface area contributed by atoms with Gasteiger partial charge in [0.1, 0.15) is 0 Å². The Kier molecular flexibility index (Phi) is 12.3. The Morgan fingerprint density at radius 3 is 2.04 bits per heavy atom. The quantitative estimate of drug-likeness (QED) is 0.212. The third-order valence-electron chi connectivity index (χ3n) is 4.36. The maximum Gasteiger partial charge on any atom is 0.159 e. The first-order chi connectivity index (χ1) is 12.2. The molecular weight excluding hydrogens is 306 g/mol. The Morgan fingerprint density at radius 2 is 1.44 bits per heavy atom. The van der Waals surface area contributed by atoms with Gasteiger partial charge in [0.2, 0.25) is 0 Å². The van der Waals surface area contributed by atoms with Crippen molar-refractivity contribution in [1.29, 1.82) is 0 Å². The summed E-state index contributed by atoms with van der Waals surface area (Å²) in [7, 11) is 0. The molecule has 1 N–H and O–H groups in total. The number of rotatable bonds is 15. The second-order valence-electron chi connectivity index (χ2n) is 6.66. The third kappa shape index (κ3) is 11.4. The van der Waals surface area contributed by atoms with Crippen molar-refractivity contribution in [2.24, 2.45) is 0 Å². The number of ketones is 1. The summed E-state index contributed by atoms with van der Waals surface area (Å²) in [6, 6.07) is 7.71. The van der Waals surface area contributed by atoms with E-state index in [2.05, 4.69) is 24.0 Å². The van der Waals surface area contributed by atoms with Crippen molar-refractivity contribution in [3.63, 3.8) is 0 Å². The molecule has 0 spiro atoms. The van der Waals surface area contributed by atoms with Crippen molar-refractivity contribution in [3.05, 3.63) is 54.6 Å². The highest BCUT2D eigenvalue weighted by molar-refractivity contribution is 5.94. The number of unbranched alkanes of at least 4 members (excludes halogenated alkanes) is 8. The Labute approximate surface area is 154 Å². The molecule has 0 heterocycles. The van der Waals surface area contributed by atoms with Gasteiger partial charge in [0.15, 0.2) is 5.78 Å². The molecule has 25 heavy (non-hydrogen) atoms. The zero-order valence-corrected chi connectivity index (χ0v) is 15.9. The largest absolute Gasteiger partial charge is 0.385 e. The first kappa shape index (κ1) is 21.2. The van der Waals surface area contributed by atoms with E-state index in [-0.39, 0.29) is 5.78 Å². The van der Waals surface area contributed by atoms with Gasteiger partial charge in [-0.1, -0.05) is 43.9 Å². The molecule has 138 valence electrons. The lowest BCUT2D eigenvalue weighted by Gasteiger charge is -2.05. The summed E-state index contributed by atoms with van der Waals surface area (Å²) >= 11 is 0. The van der Waals surface area contributed by atoms with Gasteiger partial charge in [0.25, 0.3) is 0 Å². The lowest BCUT2D eigenvalue weighted by Crippen LogP contribution is -2.01. The van der Waals surface area contributed by atoms with Gasteiger partial charge in [0, 0.05) is 17.8 Å². The van der Waals surface area contributed by atoms with Gasteiger partial charge < -0.3 is 5.32 Å². The molecule has 0 saturated carbocycles. The summed E-state index contributed by atoms with van der Waals surface area (Å²) in [5, 5.41) is 3.40. The molecule has 1 rings (SSSR count). The SMILES string of the molecule is C=CCCCCCCCC/C=C/CCCNc1ccc(C(C)=O)cc1. The third-order valence-corrected chi connectivity index (χ3v) is 4.36. The van der Waals surface area contributed by atoms with Crippen molar-refractivity contribution < 1.29 is 4.79 Å². The maximum absolute atomic E-state index is 11.2. The maximum atomic E-state index is 11.2. The molecule has 0 saturated heterocycles. The summed E-state index contributed by atoms with van der Waals surface area (Å²) in [5.41, 5.74) is 1.85. The first-order valence-corrected chi connectivity index (χ1v) is 9.85. The average molecular weight is 342 g/mol. The molecule has 0 radical (unpaired) electrons. The Hall–Kier alpha value is -1.83. The highest BCUT2D eigenvalue weighted by Crippen LogP contribution is 2.11. The van der Waals surface area contributed by atoms with Gasteiger partial charge in [-0.3, -0.25) is 4.79 Å². The van der Waals surface area contributed by atoms with Gasteiger partial charge in [-0.2, -0.15) is 0 Å². The fourth-order valence-corrected chi connectivity index (χ4v) is 2.77. The summed E-state index contributed by atoms with van der Waals surface area (Å²) in [5.74, 6) is 0.115. The molecule has 0 bridgehead atoms. The van der Waals surface area contributed by atoms with Gasteiger partial charge in [-0.05, 0) is 69.7 Å². The molecule has 0 amide bonds. The van der Waals surface area contributed by atoms with Crippen molar-refractivity contribution in [3.8, 4) is 0 Å². The molecule has 1 aromatic rings. The van der Waals surface area contributed by atoms with E-state index >= 15 is 0 Å². The molecule has 0 fully saturated rings. The highest BCUT2D eigenvalue weighted by atomic mass is 16.1. The van der Waals surface area contributed by atoms with E-state index in [1.807, 2.05) is 30.3 Å². The lowest BCUT2D eigenvalue weighted by molar-refractivity contribution is 0.101. The smallest absolute Gasteiger partial charge is 0.159 e. The normalized spacial score (nSPS) is 10.9. The van der Waals surface area contributed by atoms with Crippen LogP contribution in [0.15, 0.2) is 49.1 Å². The van der Waals surface area contributed by atoms with E-state index in [4.69, 9.17) is 0 Å². The number of carbonyl (C=O) groups excluding carboxylic acids is 1. The molecule has 0 atom stereocenters. The number of anilines is 1. The number of hydrogen-bond donors (Lipinski definition) is 1. The minimum Gasteiger partial charge on any atom is -0.385 e. The van der Waals surface area contributed by atoms with E-state index in [9.17, 15) is 4.79 Å². The predicted molar refractivity (Wildman–Crippen MR) is 110 cm³/mol. The van der Waals surface area contributed by atoms with Crippen LogP contribution >= 0.6 is 0 Å². The minimum absolute atomic E-state index is 0.115. The van der Waals surface area contributed by atoms with E-state index < -0.39 is 0 Å². The van der Waals surface area contributed by atoms with Gasteiger partial charge >= 0.3 is 0 Å². The van der Waals surface area contributed by atoms with Gasteiger partial charge in [0.05, 0.1) is 0 Å². The minimum atomic E-state index is 0.115. The van der Waals surface area contributed by atoms with Crippen LogP contribution in [-0.2, 0) is 0 Å². The molecular formula is C23H35NO. The predicted octanol–water partition coefficient (Wildman–Crippen LogP) is 6.94. The Bertz CT molecular complexity index is 501. The van der Waals surface area contributed by atoms with Crippen molar-refractivity contribution in [2.45, 2.75) is 71.1 Å². The molecule has 0 aromatic heterocycles. The summed E-state index contributed by atoms with van der Waals surface area (Å²) < 4.78 is 0. The van der Waals surface area contributed by atoms with Crippen molar-refractivity contribution in [1.82, 2.24) is 0 Å². The molecule has 0 aliphatic rings. The molecule has 0 unspecified atom stereocenters. The van der Waals surface area contributed by atoms with E-state index in [0.717, 1.165) is 30.6 Å². The Morgan fingerprint density at radius 1 is 0.880 bits per heavy atom. The number of Topliss-reactive ketones (excluding diaryl/α,β-unsaturated/α-hetero) is 1. The zero-order chi connectivity index (χ0) is 18.2. The number of nitrogens with one attached hydrogen (secondary N) is 1. The van der Waals surface area contributed by atoms with E-state index in [0.29, 0.717) is 0 Å². The van der Waals surface area contributed by atoms with Crippen LogP contribution in [0.3, 0.4) is 0 Å². The molecule has 0 aliphatic heterocycles. The molecule has 2 heteroatoms. The Balaban J connectivity index is 1.93. The number of hydrogen-bond acceptors (Lipinski definition) is 2. The van der Waals surface area contributed by atoms with Crippen LogP contribution in [0.4, 0.5) is 5.69 Å². The summed E-state index contributed by atoms with van der Waals surface area (Å²) in [6.07, 6.45) is 19.4.